The molecule has 0 N–H and O–H groups in total. The van der Waals surface area contributed by atoms with Crippen LogP contribution in [0.1, 0.15) is 12.7 Å². The van der Waals surface area contributed by atoms with Crippen LogP contribution in [0.2, 0.25) is 0 Å². The van der Waals surface area contributed by atoms with Crippen LogP contribution in [0.15, 0.2) is 31.5 Å². The fourth-order valence-electron chi connectivity index (χ4n) is 1.25. The summed E-state index contributed by atoms with van der Waals surface area (Å²) in [6, 6.07) is 3.90. The lowest BCUT2D eigenvalue weighted by Gasteiger charge is -1.87. The van der Waals surface area contributed by atoms with Gasteiger partial charge >= 0.3 is 0 Å². The van der Waals surface area contributed by atoms with Crippen LogP contribution < -0.4 is 0 Å². The van der Waals surface area contributed by atoms with Gasteiger partial charge in [-0.05, 0) is 23.0 Å². The molecule has 5 nitrogen and oxygen atoms in total. The van der Waals surface area contributed by atoms with Crippen molar-refractivity contribution in [2.75, 3.05) is 0 Å². The predicted molar refractivity (Wildman–Crippen MR) is 71.0 cm³/mol. The molecule has 3 heterocycles. The molecule has 0 bridgehead atoms. The van der Waals surface area contributed by atoms with Crippen molar-refractivity contribution in [2.24, 2.45) is 0 Å². The van der Waals surface area contributed by atoms with E-state index in [1.807, 2.05) is 24.4 Å². The number of rotatable bonds is 4. The van der Waals surface area contributed by atoms with Gasteiger partial charge in [-0.1, -0.05) is 13.0 Å². The highest BCUT2D eigenvalue weighted by Gasteiger charge is 2.12. The van der Waals surface area contributed by atoms with Crippen molar-refractivity contribution in [1.82, 2.24) is 19.6 Å². The molecule has 92 valence electrons. The van der Waals surface area contributed by atoms with Crippen molar-refractivity contribution in [2.45, 2.75) is 22.9 Å². The number of aromatic nitrogens is 4. The highest BCUT2D eigenvalue weighted by molar-refractivity contribution is 8.00. The highest BCUT2D eigenvalue weighted by atomic mass is 32.2. The van der Waals surface area contributed by atoms with E-state index in [0.717, 1.165) is 21.5 Å². The monoisotopic (exact) mass is 296 g/mol. The molecule has 0 spiro atoms. The second kappa shape index (κ2) is 5.17. The van der Waals surface area contributed by atoms with Crippen molar-refractivity contribution in [3.63, 3.8) is 0 Å². The predicted octanol–water partition coefficient (Wildman–Crippen LogP) is 3.36. The number of hydrogen-bond acceptors (Lipinski definition) is 8. The Morgan fingerprint density at radius 2 is 2.33 bits per heavy atom. The highest BCUT2D eigenvalue weighted by Crippen LogP contribution is 2.31. The smallest absolute Gasteiger partial charge is 0.284 e. The third-order valence-electron chi connectivity index (χ3n) is 2.08. The molecule has 3 aromatic rings. The van der Waals surface area contributed by atoms with Gasteiger partial charge in [-0.2, -0.15) is 4.37 Å². The minimum atomic E-state index is 0.497. The SMILES string of the molecule is CCc1nsc(Sc2nnc(-c3cccs3)o2)n1. The maximum atomic E-state index is 5.56. The largest absolute Gasteiger partial charge is 0.410 e. The lowest BCUT2D eigenvalue weighted by atomic mass is 10.5. The van der Waals surface area contributed by atoms with Gasteiger partial charge in [0.25, 0.3) is 11.1 Å². The summed E-state index contributed by atoms with van der Waals surface area (Å²) in [6.45, 7) is 2.03. The van der Waals surface area contributed by atoms with Crippen LogP contribution in [0.3, 0.4) is 0 Å². The van der Waals surface area contributed by atoms with Gasteiger partial charge in [-0.25, -0.2) is 4.98 Å². The first-order chi connectivity index (χ1) is 8.85. The molecule has 0 aromatic carbocycles. The van der Waals surface area contributed by atoms with Crippen molar-refractivity contribution in [3.05, 3.63) is 23.3 Å². The fourth-order valence-corrected chi connectivity index (χ4v) is 3.37. The second-order valence-corrected chi connectivity index (χ2v) is 6.18. The van der Waals surface area contributed by atoms with E-state index in [1.54, 1.807) is 11.3 Å². The quantitative estimate of drug-likeness (QED) is 0.735. The van der Waals surface area contributed by atoms with Gasteiger partial charge in [0, 0.05) is 18.2 Å². The van der Waals surface area contributed by atoms with E-state index in [2.05, 4.69) is 19.6 Å². The van der Waals surface area contributed by atoms with E-state index >= 15 is 0 Å². The lowest BCUT2D eigenvalue weighted by Crippen LogP contribution is -1.80. The van der Waals surface area contributed by atoms with Crippen LogP contribution in [0.4, 0.5) is 0 Å². The summed E-state index contributed by atoms with van der Waals surface area (Å²) < 4.78 is 10.6. The number of nitrogens with zero attached hydrogens (tertiary/aromatic N) is 4. The zero-order valence-corrected chi connectivity index (χ0v) is 11.8. The Morgan fingerprint density at radius 3 is 3.06 bits per heavy atom. The Kier molecular flexibility index (Phi) is 3.39. The Labute approximate surface area is 115 Å². The van der Waals surface area contributed by atoms with Crippen molar-refractivity contribution in [3.8, 4) is 10.8 Å². The molecule has 0 aliphatic carbocycles. The van der Waals surface area contributed by atoms with E-state index in [9.17, 15) is 0 Å². The summed E-state index contributed by atoms with van der Waals surface area (Å²) in [6.07, 6.45) is 0.835. The summed E-state index contributed by atoms with van der Waals surface area (Å²) in [5, 5.41) is 10.5. The molecule has 0 aliphatic heterocycles. The number of aryl methyl sites for hydroxylation is 1. The second-order valence-electron chi connectivity index (χ2n) is 3.28. The van der Waals surface area contributed by atoms with Gasteiger partial charge < -0.3 is 4.42 Å². The summed E-state index contributed by atoms with van der Waals surface area (Å²) in [7, 11) is 0. The Hall–Kier alpha value is -1.25. The molecule has 3 aromatic heterocycles. The average molecular weight is 296 g/mol. The molecule has 8 heteroatoms. The summed E-state index contributed by atoms with van der Waals surface area (Å²) >= 11 is 4.28. The molecule has 18 heavy (non-hydrogen) atoms. The third-order valence-corrected chi connectivity index (χ3v) is 4.57. The first kappa shape index (κ1) is 11.8. The van der Waals surface area contributed by atoms with Crippen LogP contribution in [0.25, 0.3) is 10.8 Å². The standard InChI is InChI=1S/C10H8N4OS3/c1-2-7-11-10(18-14-7)17-9-13-12-8(15-9)6-4-3-5-16-6/h3-5H,2H2,1H3. The third kappa shape index (κ3) is 2.45. The molecule has 3 rings (SSSR count). The minimum absolute atomic E-state index is 0.497. The first-order valence-electron chi connectivity index (χ1n) is 5.23. The van der Waals surface area contributed by atoms with E-state index in [1.165, 1.54) is 23.3 Å². The van der Waals surface area contributed by atoms with Crippen molar-refractivity contribution in [1.29, 1.82) is 0 Å². The van der Waals surface area contributed by atoms with Crippen LogP contribution in [-0.4, -0.2) is 19.6 Å². The molecule has 0 radical (unpaired) electrons. The van der Waals surface area contributed by atoms with Gasteiger partial charge in [0.15, 0.2) is 4.34 Å². The van der Waals surface area contributed by atoms with E-state index < -0.39 is 0 Å². The number of thiophene rings is 1. The normalized spacial score (nSPS) is 10.9. The summed E-state index contributed by atoms with van der Waals surface area (Å²) in [5.41, 5.74) is 0. The molecule has 0 amide bonds. The van der Waals surface area contributed by atoms with E-state index in [4.69, 9.17) is 4.42 Å². The first-order valence-corrected chi connectivity index (χ1v) is 7.70. The molecule has 0 saturated heterocycles. The van der Waals surface area contributed by atoms with Crippen LogP contribution in [0, 0.1) is 0 Å². The van der Waals surface area contributed by atoms with Gasteiger partial charge in [-0.3, -0.25) is 0 Å². The van der Waals surface area contributed by atoms with Crippen LogP contribution >= 0.6 is 34.6 Å². The Balaban J connectivity index is 1.77. The van der Waals surface area contributed by atoms with Crippen molar-refractivity contribution >= 4 is 34.6 Å². The number of hydrogen-bond donors (Lipinski definition) is 0. The van der Waals surface area contributed by atoms with E-state index in [0.29, 0.717) is 11.1 Å². The fraction of sp³-hybridized carbons (Fsp3) is 0.200. The van der Waals surface area contributed by atoms with Gasteiger partial charge in [0.1, 0.15) is 5.82 Å². The molecule has 0 atom stereocenters. The average Bonchev–Trinajstić information content (AvgIpc) is 3.10. The topological polar surface area (TPSA) is 64.7 Å². The van der Waals surface area contributed by atoms with E-state index in [-0.39, 0.29) is 0 Å². The molecule has 0 aliphatic rings. The minimum Gasteiger partial charge on any atom is -0.410 e. The van der Waals surface area contributed by atoms with Gasteiger partial charge in [0.2, 0.25) is 0 Å². The van der Waals surface area contributed by atoms with Gasteiger partial charge in [0.05, 0.1) is 4.88 Å². The Bertz CT molecular complexity index is 631. The van der Waals surface area contributed by atoms with Crippen molar-refractivity contribution < 1.29 is 4.42 Å². The molecule has 0 unspecified atom stereocenters. The molecule has 0 saturated carbocycles. The zero-order valence-electron chi connectivity index (χ0n) is 9.36. The maximum absolute atomic E-state index is 5.56. The Morgan fingerprint density at radius 1 is 1.39 bits per heavy atom. The summed E-state index contributed by atoms with van der Waals surface area (Å²) in [5.74, 6) is 1.40. The molecule has 0 fully saturated rings. The molecular formula is C10H8N4OS3. The van der Waals surface area contributed by atoms with Crippen LogP contribution in [0.5, 0.6) is 0 Å². The van der Waals surface area contributed by atoms with Crippen LogP contribution in [-0.2, 0) is 6.42 Å². The zero-order chi connectivity index (χ0) is 12.4. The summed E-state index contributed by atoms with van der Waals surface area (Å²) in [4.78, 5) is 5.31. The molecular weight excluding hydrogens is 288 g/mol. The van der Waals surface area contributed by atoms with Gasteiger partial charge in [-0.15, -0.1) is 21.5 Å². The maximum Gasteiger partial charge on any atom is 0.284 e. The lowest BCUT2D eigenvalue weighted by molar-refractivity contribution is 0.467.